The molecule has 0 unspecified atom stereocenters. The zero-order valence-electron chi connectivity index (χ0n) is 13.1. The number of nitrogens with zero attached hydrogens (tertiary/aromatic N) is 3. The first-order valence-electron chi connectivity index (χ1n) is 7.06. The molecule has 0 radical (unpaired) electrons. The van der Waals surface area contributed by atoms with E-state index in [2.05, 4.69) is 52.2 Å². The van der Waals surface area contributed by atoms with Gasteiger partial charge in [-0.3, -0.25) is 0 Å². The van der Waals surface area contributed by atoms with Crippen molar-refractivity contribution in [1.82, 2.24) is 14.9 Å². The van der Waals surface area contributed by atoms with Gasteiger partial charge < -0.3 is 16.0 Å². The van der Waals surface area contributed by atoms with Gasteiger partial charge in [0.05, 0.1) is 0 Å². The molecule has 0 amide bonds. The molecule has 1 heterocycles. The van der Waals surface area contributed by atoms with Crippen LogP contribution in [0.25, 0.3) is 0 Å². The number of hydrogen-bond acceptors (Lipinski definition) is 5. The summed E-state index contributed by atoms with van der Waals surface area (Å²) in [6.07, 6.45) is 2.65. The Morgan fingerprint density at radius 1 is 1.24 bits per heavy atom. The van der Waals surface area contributed by atoms with Crippen LogP contribution in [0, 0.1) is 13.8 Å². The summed E-state index contributed by atoms with van der Waals surface area (Å²) in [5, 5.41) is 3.23. The Morgan fingerprint density at radius 3 is 2.67 bits per heavy atom. The van der Waals surface area contributed by atoms with Crippen LogP contribution in [0.1, 0.15) is 16.7 Å². The molecule has 0 bridgehead atoms. The molecule has 5 nitrogen and oxygen atoms in total. The number of likely N-dealkylation sites (N-methyl/N-ethyl adjacent to an activating group) is 1. The summed E-state index contributed by atoms with van der Waals surface area (Å²) in [6.45, 7) is 5.04. The fourth-order valence-electron chi connectivity index (χ4n) is 2.01. The van der Waals surface area contributed by atoms with Crippen LogP contribution in [0.4, 0.5) is 17.5 Å². The molecule has 1 aromatic heterocycles. The monoisotopic (exact) mass is 285 g/mol. The molecule has 5 heteroatoms. The van der Waals surface area contributed by atoms with Crippen LogP contribution in [0.15, 0.2) is 24.4 Å². The van der Waals surface area contributed by atoms with E-state index in [0.29, 0.717) is 11.8 Å². The van der Waals surface area contributed by atoms with E-state index < -0.39 is 0 Å². The van der Waals surface area contributed by atoms with E-state index in [1.165, 1.54) is 5.56 Å². The SMILES string of the molecule is Cc1ccc(C)c(Nc2ncc(CCN(C)C)c(N)n2)c1. The average Bonchev–Trinajstić information content (AvgIpc) is 2.42. The van der Waals surface area contributed by atoms with Crippen molar-refractivity contribution in [1.29, 1.82) is 0 Å². The molecule has 2 rings (SSSR count). The van der Waals surface area contributed by atoms with Gasteiger partial charge in [-0.05, 0) is 51.6 Å². The summed E-state index contributed by atoms with van der Waals surface area (Å²) < 4.78 is 0. The molecule has 2 aromatic rings. The predicted molar refractivity (Wildman–Crippen MR) is 87.9 cm³/mol. The van der Waals surface area contributed by atoms with Gasteiger partial charge in [-0.2, -0.15) is 4.98 Å². The molecule has 0 fully saturated rings. The Hall–Kier alpha value is -2.14. The van der Waals surface area contributed by atoms with Crippen LogP contribution in [0.2, 0.25) is 0 Å². The van der Waals surface area contributed by atoms with Crippen molar-refractivity contribution in [2.45, 2.75) is 20.3 Å². The van der Waals surface area contributed by atoms with Crippen molar-refractivity contribution in [3.63, 3.8) is 0 Å². The molecule has 0 aliphatic rings. The lowest BCUT2D eigenvalue weighted by Crippen LogP contribution is -2.16. The first-order chi connectivity index (χ1) is 9.95. The summed E-state index contributed by atoms with van der Waals surface area (Å²) in [6, 6.07) is 6.24. The third-order valence-electron chi connectivity index (χ3n) is 3.37. The fourth-order valence-corrected chi connectivity index (χ4v) is 2.01. The Balaban J connectivity index is 2.14. The number of hydrogen-bond donors (Lipinski definition) is 2. The van der Waals surface area contributed by atoms with Crippen LogP contribution in [-0.4, -0.2) is 35.5 Å². The minimum atomic E-state index is 0.537. The van der Waals surface area contributed by atoms with Gasteiger partial charge in [-0.1, -0.05) is 12.1 Å². The molecule has 3 N–H and O–H groups in total. The first-order valence-corrected chi connectivity index (χ1v) is 7.06. The van der Waals surface area contributed by atoms with Gasteiger partial charge in [0.15, 0.2) is 0 Å². The average molecular weight is 285 g/mol. The van der Waals surface area contributed by atoms with Crippen LogP contribution in [0.3, 0.4) is 0 Å². The van der Waals surface area contributed by atoms with Crippen LogP contribution in [-0.2, 0) is 6.42 Å². The molecule has 0 aliphatic carbocycles. The maximum absolute atomic E-state index is 6.02. The summed E-state index contributed by atoms with van der Waals surface area (Å²) in [4.78, 5) is 10.8. The third-order valence-corrected chi connectivity index (χ3v) is 3.37. The second-order valence-corrected chi connectivity index (χ2v) is 5.60. The van der Waals surface area contributed by atoms with E-state index >= 15 is 0 Å². The largest absolute Gasteiger partial charge is 0.383 e. The number of rotatable bonds is 5. The molecule has 0 saturated heterocycles. The topological polar surface area (TPSA) is 67.1 Å². The van der Waals surface area contributed by atoms with Gasteiger partial charge in [0.1, 0.15) is 5.82 Å². The van der Waals surface area contributed by atoms with Crippen molar-refractivity contribution < 1.29 is 0 Å². The smallest absolute Gasteiger partial charge is 0.229 e. The van der Waals surface area contributed by atoms with Gasteiger partial charge in [0.2, 0.25) is 5.95 Å². The standard InChI is InChI=1S/C16H23N5/c1-11-5-6-12(2)14(9-11)19-16-18-10-13(15(17)20-16)7-8-21(3)4/h5-6,9-10H,7-8H2,1-4H3,(H3,17,18,19,20). The number of anilines is 3. The molecular formula is C16H23N5. The first kappa shape index (κ1) is 15.3. The molecule has 0 saturated carbocycles. The van der Waals surface area contributed by atoms with Gasteiger partial charge >= 0.3 is 0 Å². The molecule has 21 heavy (non-hydrogen) atoms. The minimum absolute atomic E-state index is 0.537. The van der Waals surface area contributed by atoms with E-state index in [-0.39, 0.29) is 0 Å². The van der Waals surface area contributed by atoms with Gasteiger partial charge in [0, 0.05) is 24.0 Å². The van der Waals surface area contributed by atoms with Crippen molar-refractivity contribution in [3.05, 3.63) is 41.1 Å². The second kappa shape index (κ2) is 6.54. The molecule has 0 atom stereocenters. The molecule has 112 valence electrons. The van der Waals surface area contributed by atoms with E-state index in [9.17, 15) is 0 Å². The fraction of sp³-hybridized carbons (Fsp3) is 0.375. The van der Waals surface area contributed by atoms with Gasteiger partial charge in [-0.25, -0.2) is 4.98 Å². The summed E-state index contributed by atoms with van der Waals surface area (Å²) in [5.41, 5.74) is 10.4. The van der Waals surface area contributed by atoms with Crippen molar-refractivity contribution >= 4 is 17.5 Å². The third kappa shape index (κ3) is 4.16. The summed E-state index contributed by atoms with van der Waals surface area (Å²) in [7, 11) is 4.07. The second-order valence-electron chi connectivity index (χ2n) is 5.60. The number of nitrogen functional groups attached to an aromatic ring is 1. The van der Waals surface area contributed by atoms with E-state index in [4.69, 9.17) is 5.73 Å². The minimum Gasteiger partial charge on any atom is -0.383 e. The van der Waals surface area contributed by atoms with Gasteiger partial charge in [-0.15, -0.1) is 0 Å². The molecule has 0 spiro atoms. The molecule has 0 aliphatic heterocycles. The maximum Gasteiger partial charge on any atom is 0.229 e. The highest BCUT2D eigenvalue weighted by molar-refractivity contribution is 5.60. The lowest BCUT2D eigenvalue weighted by Gasteiger charge is -2.12. The van der Waals surface area contributed by atoms with E-state index in [0.717, 1.165) is 29.8 Å². The van der Waals surface area contributed by atoms with Crippen molar-refractivity contribution in [3.8, 4) is 0 Å². The number of nitrogens with two attached hydrogens (primary N) is 1. The maximum atomic E-state index is 6.02. The Bertz CT molecular complexity index is 622. The normalized spacial score (nSPS) is 10.9. The van der Waals surface area contributed by atoms with Crippen molar-refractivity contribution in [2.24, 2.45) is 0 Å². The Kier molecular flexibility index (Phi) is 4.75. The number of aromatic nitrogens is 2. The lowest BCUT2D eigenvalue weighted by atomic mass is 10.1. The zero-order valence-corrected chi connectivity index (χ0v) is 13.1. The lowest BCUT2D eigenvalue weighted by molar-refractivity contribution is 0.413. The Morgan fingerprint density at radius 2 is 2.00 bits per heavy atom. The van der Waals surface area contributed by atoms with E-state index in [1.54, 1.807) is 6.20 Å². The highest BCUT2D eigenvalue weighted by Gasteiger charge is 2.06. The highest BCUT2D eigenvalue weighted by atomic mass is 15.1. The van der Waals surface area contributed by atoms with Crippen LogP contribution < -0.4 is 11.1 Å². The summed E-state index contributed by atoms with van der Waals surface area (Å²) in [5.74, 6) is 1.08. The van der Waals surface area contributed by atoms with Gasteiger partial charge in [0.25, 0.3) is 0 Å². The van der Waals surface area contributed by atoms with E-state index in [1.807, 2.05) is 14.1 Å². The number of nitrogens with one attached hydrogen (secondary N) is 1. The van der Waals surface area contributed by atoms with Crippen LogP contribution in [0.5, 0.6) is 0 Å². The molecule has 1 aromatic carbocycles. The quantitative estimate of drug-likeness (QED) is 0.883. The predicted octanol–water partition coefficient (Wildman–Crippen LogP) is 2.52. The summed E-state index contributed by atoms with van der Waals surface area (Å²) >= 11 is 0. The number of benzene rings is 1. The zero-order chi connectivity index (χ0) is 15.4. The number of aryl methyl sites for hydroxylation is 2. The van der Waals surface area contributed by atoms with Crippen LogP contribution >= 0.6 is 0 Å². The Labute approximate surface area is 126 Å². The van der Waals surface area contributed by atoms with Crippen molar-refractivity contribution in [2.75, 3.05) is 31.7 Å². The molecular weight excluding hydrogens is 262 g/mol. The highest BCUT2D eigenvalue weighted by Crippen LogP contribution is 2.20.